The molecule has 2 fully saturated rings. The van der Waals surface area contributed by atoms with Crippen molar-refractivity contribution in [3.8, 4) is 0 Å². The van der Waals surface area contributed by atoms with Gasteiger partial charge in [-0.1, -0.05) is 5.16 Å². The fraction of sp³-hybridized carbons (Fsp3) is 0.562. The number of aliphatic hydroxyl groups excluding tert-OH is 1. The summed E-state index contributed by atoms with van der Waals surface area (Å²) in [6.07, 6.45) is 1.80. The Hall–Kier alpha value is -1.70. The highest BCUT2D eigenvalue weighted by Gasteiger charge is 2.29. The molecule has 0 spiro atoms. The topological polar surface area (TPSA) is 100 Å². The van der Waals surface area contributed by atoms with Gasteiger partial charge in [-0.15, -0.1) is 12.4 Å². The van der Waals surface area contributed by atoms with Crippen molar-refractivity contribution in [3.05, 3.63) is 23.0 Å². The van der Waals surface area contributed by atoms with E-state index in [1.54, 1.807) is 0 Å². The Balaban J connectivity index is 0.00000169. The minimum Gasteiger partial charge on any atom is -0.391 e. The SMILES string of the molecule is Cc1noc2nc(C3CC3)cc(C(=O)NCC3CNCC3O)c12.Cl. The number of nitrogens with zero attached hydrogens (tertiary/aromatic N) is 2. The minimum atomic E-state index is -0.410. The van der Waals surface area contributed by atoms with Crippen molar-refractivity contribution in [3.63, 3.8) is 0 Å². The van der Waals surface area contributed by atoms with E-state index in [4.69, 9.17) is 4.52 Å². The fourth-order valence-corrected chi connectivity index (χ4v) is 3.13. The average molecular weight is 353 g/mol. The Morgan fingerprint density at radius 2 is 2.25 bits per heavy atom. The molecule has 2 unspecified atom stereocenters. The number of β-amino-alcohol motifs (C(OH)–C–C–N with tert-alkyl or cyclic N) is 1. The molecule has 4 rings (SSSR count). The second-order valence-electron chi connectivity index (χ2n) is 6.51. The molecule has 0 aromatic carbocycles. The molecule has 1 aliphatic carbocycles. The fourth-order valence-electron chi connectivity index (χ4n) is 3.13. The summed E-state index contributed by atoms with van der Waals surface area (Å²) in [6, 6.07) is 1.86. The van der Waals surface area contributed by atoms with E-state index >= 15 is 0 Å². The van der Waals surface area contributed by atoms with Gasteiger partial charge in [0.15, 0.2) is 0 Å². The molecule has 1 amide bonds. The molecule has 2 aromatic heterocycles. The van der Waals surface area contributed by atoms with Crippen LogP contribution in [0.15, 0.2) is 10.6 Å². The lowest BCUT2D eigenvalue weighted by Crippen LogP contribution is -2.34. The van der Waals surface area contributed by atoms with Crippen LogP contribution in [0.5, 0.6) is 0 Å². The second kappa shape index (κ2) is 6.66. The molecule has 130 valence electrons. The van der Waals surface area contributed by atoms with Crippen LogP contribution in [-0.4, -0.2) is 46.9 Å². The maximum absolute atomic E-state index is 12.7. The first-order chi connectivity index (χ1) is 11.1. The normalized spacial score (nSPS) is 23.2. The summed E-state index contributed by atoms with van der Waals surface area (Å²) in [7, 11) is 0. The number of amides is 1. The highest BCUT2D eigenvalue weighted by molar-refractivity contribution is 6.06. The molecule has 2 atom stereocenters. The predicted molar refractivity (Wildman–Crippen MR) is 90.5 cm³/mol. The molecule has 2 aliphatic rings. The number of halogens is 1. The standard InChI is InChI=1S/C16H20N4O3.ClH/c1-8-14-11(15(22)18-6-10-5-17-7-13(10)21)4-12(9-2-3-9)19-16(14)23-20-8;/h4,9-10,13,17,21H,2-3,5-7H2,1H3,(H,18,22);1H. The number of aryl methyl sites for hydroxylation is 1. The first-order valence-electron chi connectivity index (χ1n) is 8.07. The van der Waals surface area contributed by atoms with Crippen molar-refractivity contribution >= 4 is 29.4 Å². The van der Waals surface area contributed by atoms with E-state index in [2.05, 4.69) is 20.8 Å². The quantitative estimate of drug-likeness (QED) is 0.763. The monoisotopic (exact) mass is 352 g/mol. The minimum absolute atomic E-state index is 0. The molecular weight excluding hydrogens is 332 g/mol. The zero-order chi connectivity index (χ0) is 16.0. The number of carbonyl (C=O) groups is 1. The van der Waals surface area contributed by atoms with E-state index in [0.717, 1.165) is 18.5 Å². The number of carbonyl (C=O) groups excluding carboxylic acids is 1. The molecular formula is C16H21ClN4O3. The molecule has 2 aromatic rings. The van der Waals surface area contributed by atoms with Crippen molar-refractivity contribution in [2.45, 2.75) is 31.8 Å². The lowest BCUT2D eigenvalue weighted by atomic mass is 10.0. The zero-order valence-electron chi connectivity index (χ0n) is 13.4. The number of nitrogens with one attached hydrogen (secondary N) is 2. The first kappa shape index (κ1) is 17.1. The van der Waals surface area contributed by atoms with Crippen LogP contribution in [0, 0.1) is 12.8 Å². The van der Waals surface area contributed by atoms with Crippen LogP contribution in [0.4, 0.5) is 0 Å². The Morgan fingerprint density at radius 1 is 1.46 bits per heavy atom. The van der Waals surface area contributed by atoms with E-state index < -0.39 is 6.10 Å². The number of hydrogen-bond donors (Lipinski definition) is 3. The number of pyridine rings is 1. The zero-order valence-corrected chi connectivity index (χ0v) is 14.2. The van der Waals surface area contributed by atoms with Gasteiger partial charge >= 0.3 is 0 Å². The van der Waals surface area contributed by atoms with Gasteiger partial charge in [0.2, 0.25) is 0 Å². The van der Waals surface area contributed by atoms with E-state index in [1.165, 1.54) is 0 Å². The maximum atomic E-state index is 12.7. The van der Waals surface area contributed by atoms with Crippen LogP contribution >= 0.6 is 12.4 Å². The van der Waals surface area contributed by atoms with Crippen LogP contribution in [0.25, 0.3) is 11.1 Å². The van der Waals surface area contributed by atoms with Crippen LogP contribution in [0.1, 0.15) is 40.5 Å². The molecule has 0 bridgehead atoms. The summed E-state index contributed by atoms with van der Waals surface area (Å²) >= 11 is 0. The smallest absolute Gasteiger partial charge is 0.259 e. The summed E-state index contributed by atoms with van der Waals surface area (Å²) in [4.78, 5) is 17.1. The Labute approximate surface area is 145 Å². The van der Waals surface area contributed by atoms with Gasteiger partial charge < -0.3 is 20.3 Å². The lowest BCUT2D eigenvalue weighted by molar-refractivity contribution is 0.0928. The summed E-state index contributed by atoms with van der Waals surface area (Å²) in [5.41, 5.74) is 2.57. The number of rotatable bonds is 4. The van der Waals surface area contributed by atoms with Gasteiger partial charge in [0.05, 0.1) is 22.7 Å². The van der Waals surface area contributed by atoms with E-state index in [0.29, 0.717) is 47.9 Å². The number of fused-ring (bicyclic) bond motifs is 1. The molecule has 1 saturated heterocycles. The Kier molecular flexibility index (Phi) is 4.76. The van der Waals surface area contributed by atoms with Crippen LogP contribution in [0.2, 0.25) is 0 Å². The van der Waals surface area contributed by atoms with Crippen LogP contribution in [0.3, 0.4) is 0 Å². The molecule has 0 radical (unpaired) electrons. The number of aromatic nitrogens is 2. The van der Waals surface area contributed by atoms with Crippen molar-refractivity contribution in [2.24, 2.45) is 5.92 Å². The summed E-state index contributed by atoms with van der Waals surface area (Å²) < 4.78 is 5.26. The molecule has 24 heavy (non-hydrogen) atoms. The van der Waals surface area contributed by atoms with E-state index in [1.807, 2.05) is 13.0 Å². The molecule has 8 heteroatoms. The molecule has 3 N–H and O–H groups in total. The van der Waals surface area contributed by atoms with Crippen LogP contribution < -0.4 is 10.6 Å². The highest BCUT2D eigenvalue weighted by Crippen LogP contribution is 2.40. The van der Waals surface area contributed by atoms with Gasteiger partial charge in [-0.25, -0.2) is 4.98 Å². The Morgan fingerprint density at radius 3 is 2.92 bits per heavy atom. The van der Waals surface area contributed by atoms with Gasteiger partial charge in [-0.2, -0.15) is 0 Å². The third-order valence-electron chi connectivity index (χ3n) is 4.71. The molecule has 1 aliphatic heterocycles. The summed E-state index contributed by atoms with van der Waals surface area (Å²) in [5.74, 6) is 0.310. The maximum Gasteiger partial charge on any atom is 0.259 e. The average Bonchev–Trinajstić information content (AvgIpc) is 3.23. The van der Waals surface area contributed by atoms with E-state index in [9.17, 15) is 9.90 Å². The van der Waals surface area contributed by atoms with Gasteiger partial charge in [0.1, 0.15) is 0 Å². The van der Waals surface area contributed by atoms with Crippen molar-refractivity contribution in [2.75, 3.05) is 19.6 Å². The van der Waals surface area contributed by atoms with Gasteiger partial charge in [-0.05, 0) is 25.8 Å². The van der Waals surface area contributed by atoms with Crippen molar-refractivity contribution in [1.82, 2.24) is 20.8 Å². The first-order valence-corrected chi connectivity index (χ1v) is 8.07. The predicted octanol–water partition coefficient (Wildman–Crippen LogP) is 1.14. The third-order valence-corrected chi connectivity index (χ3v) is 4.71. The third kappa shape index (κ3) is 3.11. The molecule has 7 nitrogen and oxygen atoms in total. The summed E-state index contributed by atoms with van der Waals surface area (Å²) in [5, 5.41) is 20.5. The largest absolute Gasteiger partial charge is 0.391 e. The number of hydrogen-bond acceptors (Lipinski definition) is 6. The Bertz CT molecular complexity index is 759. The van der Waals surface area contributed by atoms with Crippen molar-refractivity contribution < 1.29 is 14.4 Å². The van der Waals surface area contributed by atoms with Gasteiger partial charge in [-0.3, -0.25) is 4.79 Å². The molecule has 3 heterocycles. The summed E-state index contributed by atoms with van der Waals surface area (Å²) in [6.45, 7) is 3.55. The van der Waals surface area contributed by atoms with E-state index in [-0.39, 0.29) is 24.2 Å². The molecule has 1 saturated carbocycles. The number of aliphatic hydroxyl groups is 1. The van der Waals surface area contributed by atoms with Crippen molar-refractivity contribution in [1.29, 1.82) is 0 Å². The van der Waals surface area contributed by atoms with Crippen LogP contribution in [-0.2, 0) is 0 Å². The van der Waals surface area contributed by atoms with Gasteiger partial charge in [0.25, 0.3) is 11.6 Å². The van der Waals surface area contributed by atoms with Gasteiger partial charge in [0, 0.05) is 37.2 Å². The lowest BCUT2D eigenvalue weighted by Gasteiger charge is -2.14. The second-order valence-corrected chi connectivity index (χ2v) is 6.51. The highest BCUT2D eigenvalue weighted by atomic mass is 35.5.